The summed E-state index contributed by atoms with van der Waals surface area (Å²) in [6.45, 7) is 5.43. The van der Waals surface area contributed by atoms with Crippen molar-refractivity contribution in [2.45, 2.75) is 26.5 Å². The highest BCUT2D eigenvalue weighted by Crippen LogP contribution is 2.18. The van der Waals surface area contributed by atoms with E-state index in [1.807, 2.05) is 55.6 Å². The van der Waals surface area contributed by atoms with Gasteiger partial charge in [0.05, 0.1) is 12.1 Å². The maximum absolute atomic E-state index is 6.01. The van der Waals surface area contributed by atoms with Gasteiger partial charge in [-0.15, -0.1) is 24.0 Å². The van der Waals surface area contributed by atoms with Crippen LogP contribution < -0.4 is 15.4 Å². The number of benzene rings is 2. The standard InChI is InChI=1S/C22H26N4O.HI/c1-16-8-4-7-11-21(16)27-17(2)14-25-22(23-3)26-15-18-12-13-24-20-10-6-5-9-19(18)20;/h4-13,17H,14-15H2,1-3H3,(H2,23,25,26);1H. The Balaban J connectivity index is 0.00000280. The summed E-state index contributed by atoms with van der Waals surface area (Å²) in [5.74, 6) is 1.66. The van der Waals surface area contributed by atoms with E-state index in [1.165, 1.54) is 5.56 Å². The van der Waals surface area contributed by atoms with Gasteiger partial charge in [0.25, 0.3) is 0 Å². The van der Waals surface area contributed by atoms with E-state index in [4.69, 9.17) is 4.74 Å². The van der Waals surface area contributed by atoms with Crippen molar-refractivity contribution < 1.29 is 4.74 Å². The van der Waals surface area contributed by atoms with Crippen LogP contribution in [0.15, 0.2) is 65.8 Å². The second-order valence-electron chi connectivity index (χ2n) is 6.49. The predicted octanol–water partition coefficient (Wildman–Crippen LogP) is 4.29. The van der Waals surface area contributed by atoms with Crippen LogP contribution in [0.2, 0.25) is 0 Å². The predicted molar refractivity (Wildman–Crippen MR) is 127 cm³/mol. The minimum Gasteiger partial charge on any atom is -0.489 e. The van der Waals surface area contributed by atoms with Crippen molar-refractivity contribution in [3.05, 3.63) is 71.9 Å². The number of rotatable bonds is 6. The van der Waals surface area contributed by atoms with Crippen molar-refractivity contribution in [1.29, 1.82) is 0 Å². The maximum Gasteiger partial charge on any atom is 0.191 e. The number of aliphatic imine (C=N–C) groups is 1. The van der Waals surface area contributed by atoms with E-state index in [2.05, 4.69) is 39.7 Å². The summed E-state index contributed by atoms with van der Waals surface area (Å²) in [7, 11) is 1.77. The van der Waals surface area contributed by atoms with Crippen molar-refractivity contribution in [3.63, 3.8) is 0 Å². The number of ether oxygens (including phenoxy) is 1. The molecule has 5 nitrogen and oxygen atoms in total. The van der Waals surface area contributed by atoms with Crippen LogP contribution in [0.25, 0.3) is 10.9 Å². The second kappa shape index (κ2) is 10.8. The SMILES string of the molecule is CN=C(NCc1ccnc2ccccc12)NCC(C)Oc1ccccc1C.I. The summed E-state index contributed by atoms with van der Waals surface area (Å²) >= 11 is 0. The average Bonchev–Trinajstić information content (AvgIpc) is 2.70. The average molecular weight is 490 g/mol. The molecule has 3 aromatic rings. The fourth-order valence-corrected chi connectivity index (χ4v) is 2.90. The third-order valence-electron chi connectivity index (χ3n) is 4.39. The molecule has 0 aliphatic carbocycles. The van der Waals surface area contributed by atoms with Gasteiger partial charge in [0.2, 0.25) is 0 Å². The maximum atomic E-state index is 6.01. The van der Waals surface area contributed by atoms with E-state index in [1.54, 1.807) is 7.05 Å². The Bertz CT molecular complexity index is 924. The molecule has 1 heterocycles. The number of hydrogen-bond acceptors (Lipinski definition) is 3. The second-order valence-corrected chi connectivity index (χ2v) is 6.49. The van der Waals surface area contributed by atoms with E-state index < -0.39 is 0 Å². The number of aryl methyl sites for hydroxylation is 1. The Hall–Kier alpha value is -2.35. The van der Waals surface area contributed by atoms with E-state index in [-0.39, 0.29) is 30.1 Å². The van der Waals surface area contributed by atoms with Gasteiger partial charge in [0, 0.05) is 25.2 Å². The van der Waals surface area contributed by atoms with Crippen LogP contribution in [-0.2, 0) is 6.54 Å². The molecule has 0 radical (unpaired) electrons. The first-order valence-corrected chi connectivity index (χ1v) is 9.17. The topological polar surface area (TPSA) is 58.5 Å². The number of nitrogens with zero attached hydrogens (tertiary/aromatic N) is 2. The van der Waals surface area contributed by atoms with E-state index in [9.17, 15) is 0 Å². The third-order valence-corrected chi connectivity index (χ3v) is 4.39. The largest absolute Gasteiger partial charge is 0.489 e. The lowest BCUT2D eigenvalue weighted by molar-refractivity contribution is 0.222. The Morgan fingerprint density at radius 3 is 2.61 bits per heavy atom. The minimum absolute atomic E-state index is 0. The molecule has 0 saturated carbocycles. The molecular weight excluding hydrogens is 463 g/mol. The number of fused-ring (bicyclic) bond motifs is 1. The number of hydrogen-bond donors (Lipinski definition) is 2. The first-order valence-electron chi connectivity index (χ1n) is 9.17. The molecule has 1 atom stereocenters. The number of para-hydroxylation sites is 2. The van der Waals surface area contributed by atoms with E-state index in [0.717, 1.165) is 28.2 Å². The third kappa shape index (κ3) is 5.82. The zero-order valence-corrected chi connectivity index (χ0v) is 18.8. The molecule has 1 unspecified atom stereocenters. The van der Waals surface area contributed by atoms with Crippen LogP contribution in [0.5, 0.6) is 5.75 Å². The molecule has 1 aromatic heterocycles. The lowest BCUT2D eigenvalue weighted by Gasteiger charge is -2.19. The lowest BCUT2D eigenvalue weighted by atomic mass is 10.1. The molecule has 0 fully saturated rings. The molecule has 0 saturated heterocycles. The van der Waals surface area contributed by atoms with E-state index in [0.29, 0.717) is 13.1 Å². The van der Waals surface area contributed by atoms with Crippen LogP contribution in [0.4, 0.5) is 0 Å². The Morgan fingerprint density at radius 1 is 1.07 bits per heavy atom. The number of pyridine rings is 1. The molecule has 6 heteroatoms. The van der Waals surface area contributed by atoms with Gasteiger partial charge < -0.3 is 15.4 Å². The monoisotopic (exact) mass is 490 g/mol. The summed E-state index contributed by atoms with van der Waals surface area (Å²) in [4.78, 5) is 8.71. The first-order chi connectivity index (χ1) is 13.2. The fourth-order valence-electron chi connectivity index (χ4n) is 2.90. The summed E-state index contributed by atoms with van der Waals surface area (Å²) in [5, 5.41) is 7.84. The van der Waals surface area contributed by atoms with Crippen molar-refractivity contribution >= 4 is 40.8 Å². The molecule has 0 amide bonds. The van der Waals surface area contributed by atoms with Crippen molar-refractivity contribution in [2.24, 2.45) is 4.99 Å². The van der Waals surface area contributed by atoms with Crippen molar-refractivity contribution in [3.8, 4) is 5.75 Å². The minimum atomic E-state index is 0. The van der Waals surface area contributed by atoms with Crippen molar-refractivity contribution in [1.82, 2.24) is 15.6 Å². The molecule has 28 heavy (non-hydrogen) atoms. The zero-order chi connectivity index (χ0) is 19.1. The molecule has 148 valence electrons. The van der Waals surface area contributed by atoms with Gasteiger partial charge in [0.1, 0.15) is 11.9 Å². The first kappa shape index (κ1) is 21.9. The van der Waals surface area contributed by atoms with Gasteiger partial charge in [0.15, 0.2) is 5.96 Å². The highest BCUT2D eigenvalue weighted by Gasteiger charge is 2.08. The molecule has 0 aliphatic rings. The van der Waals surface area contributed by atoms with E-state index >= 15 is 0 Å². The lowest BCUT2D eigenvalue weighted by Crippen LogP contribution is -2.41. The highest BCUT2D eigenvalue weighted by atomic mass is 127. The zero-order valence-electron chi connectivity index (χ0n) is 16.5. The number of nitrogens with one attached hydrogen (secondary N) is 2. The molecule has 2 aromatic carbocycles. The Labute approximate surface area is 183 Å². The smallest absolute Gasteiger partial charge is 0.191 e. The van der Waals surface area contributed by atoms with Gasteiger partial charge >= 0.3 is 0 Å². The van der Waals surface area contributed by atoms with Gasteiger partial charge in [-0.3, -0.25) is 9.98 Å². The quantitative estimate of drug-likeness (QED) is 0.308. The molecule has 0 bridgehead atoms. The Kier molecular flexibility index (Phi) is 8.50. The number of aromatic nitrogens is 1. The summed E-state index contributed by atoms with van der Waals surface area (Å²) < 4.78 is 6.01. The normalized spacial score (nSPS) is 12.2. The summed E-state index contributed by atoms with van der Waals surface area (Å²) in [5.41, 5.74) is 3.32. The molecule has 0 aliphatic heterocycles. The molecule has 2 N–H and O–H groups in total. The number of guanidine groups is 1. The summed E-state index contributed by atoms with van der Waals surface area (Å²) in [6, 6.07) is 18.2. The van der Waals surface area contributed by atoms with Gasteiger partial charge in [-0.1, -0.05) is 36.4 Å². The highest BCUT2D eigenvalue weighted by molar-refractivity contribution is 14.0. The van der Waals surface area contributed by atoms with Crippen LogP contribution in [0.1, 0.15) is 18.1 Å². The van der Waals surface area contributed by atoms with Gasteiger partial charge in [-0.25, -0.2) is 0 Å². The van der Waals surface area contributed by atoms with Gasteiger partial charge in [-0.05, 0) is 43.2 Å². The fraction of sp³-hybridized carbons (Fsp3) is 0.273. The Morgan fingerprint density at radius 2 is 1.82 bits per heavy atom. The number of halogens is 1. The van der Waals surface area contributed by atoms with Crippen LogP contribution in [-0.4, -0.2) is 30.6 Å². The molecule has 3 rings (SSSR count). The van der Waals surface area contributed by atoms with Crippen molar-refractivity contribution in [2.75, 3.05) is 13.6 Å². The van der Waals surface area contributed by atoms with Crippen LogP contribution in [0, 0.1) is 6.92 Å². The molecule has 0 spiro atoms. The van der Waals surface area contributed by atoms with Crippen LogP contribution in [0.3, 0.4) is 0 Å². The van der Waals surface area contributed by atoms with Crippen LogP contribution >= 0.6 is 24.0 Å². The van der Waals surface area contributed by atoms with Gasteiger partial charge in [-0.2, -0.15) is 0 Å². The summed E-state index contributed by atoms with van der Waals surface area (Å²) in [6.07, 6.45) is 1.86. The molecular formula is C22H27IN4O.